The van der Waals surface area contributed by atoms with Crippen molar-refractivity contribution in [2.24, 2.45) is 7.05 Å². The van der Waals surface area contributed by atoms with E-state index in [0.29, 0.717) is 5.69 Å². The number of carboxylic acids is 1. The molecule has 17 heavy (non-hydrogen) atoms. The molecule has 0 bridgehead atoms. The summed E-state index contributed by atoms with van der Waals surface area (Å²) in [5.41, 5.74) is -0.0428. The van der Waals surface area contributed by atoms with Crippen molar-refractivity contribution in [1.29, 1.82) is 0 Å². The number of aromatic nitrogens is 5. The summed E-state index contributed by atoms with van der Waals surface area (Å²) in [6.07, 6.45) is 1.63. The number of aryl methyl sites for hydroxylation is 1. The smallest absolute Gasteiger partial charge is 0.356 e. The van der Waals surface area contributed by atoms with Gasteiger partial charge < -0.3 is 5.11 Å². The first-order chi connectivity index (χ1) is 8.06. The van der Waals surface area contributed by atoms with Gasteiger partial charge in [-0.3, -0.25) is 9.48 Å². The van der Waals surface area contributed by atoms with Crippen LogP contribution in [0.3, 0.4) is 0 Å². The lowest BCUT2D eigenvalue weighted by atomic mass is 10.4. The zero-order valence-electron chi connectivity index (χ0n) is 8.94. The van der Waals surface area contributed by atoms with Crippen molar-refractivity contribution in [2.75, 3.05) is 0 Å². The second-order valence-corrected chi connectivity index (χ2v) is 3.40. The molecule has 0 atom stereocenters. The third-order valence-corrected chi connectivity index (χ3v) is 2.05. The molecular weight excluding hydrogens is 226 g/mol. The summed E-state index contributed by atoms with van der Waals surface area (Å²) < 4.78 is 2.52. The molecule has 0 saturated carbocycles. The Morgan fingerprint density at radius 3 is 2.82 bits per heavy atom. The molecule has 88 valence electrons. The highest BCUT2D eigenvalue weighted by atomic mass is 16.4. The number of aromatic carboxylic acids is 1. The lowest BCUT2D eigenvalue weighted by molar-refractivity contribution is 0.0687. The minimum atomic E-state index is -1.18. The summed E-state index contributed by atoms with van der Waals surface area (Å²) in [4.78, 5) is 22.2. The number of carboxylic acid groups (broad SMARTS) is 1. The number of hydrogen-bond donors (Lipinski definition) is 1. The number of nitrogens with zero attached hydrogens (tertiary/aromatic N) is 5. The van der Waals surface area contributed by atoms with Gasteiger partial charge in [0.1, 0.15) is 5.69 Å². The second-order valence-electron chi connectivity index (χ2n) is 3.40. The molecule has 8 nitrogen and oxygen atoms in total. The van der Waals surface area contributed by atoms with Gasteiger partial charge in [-0.05, 0) is 6.07 Å². The Kier molecular flexibility index (Phi) is 2.69. The maximum absolute atomic E-state index is 11.5. The first-order valence-corrected chi connectivity index (χ1v) is 4.73. The van der Waals surface area contributed by atoms with Crippen LogP contribution < -0.4 is 5.56 Å². The number of hydrogen-bond acceptors (Lipinski definition) is 5. The minimum absolute atomic E-state index is 0.0911. The van der Waals surface area contributed by atoms with E-state index in [4.69, 9.17) is 5.11 Å². The van der Waals surface area contributed by atoms with Crippen LogP contribution in [0.1, 0.15) is 16.2 Å². The number of rotatable bonds is 3. The van der Waals surface area contributed by atoms with Crippen molar-refractivity contribution >= 4 is 5.97 Å². The van der Waals surface area contributed by atoms with Crippen LogP contribution in [-0.2, 0) is 13.6 Å². The zero-order valence-corrected chi connectivity index (χ0v) is 8.94. The van der Waals surface area contributed by atoms with Crippen LogP contribution in [-0.4, -0.2) is 35.9 Å². The summed E-state index contributed by atoms with van der Waals surface area (Å²) in [5, 5.41) is 20.0. The van der Waals surface area contributed by atoms with E-state index in [-0.39, 0.29) is 17.8 Å². The van der Waals surface area contributed by atoms with E-state index in [9.17, 15) is 9.59 Å². The summed E-state index contributed by atoms with van der Waals surface area (Å²) in [6, 6.07) is 2.32. The van der Waals surface area contributed by atoms with E-state index in [1.165, 1.54) is 4.68 Å². The summed E-state index contributed by atoms with van der Waals surface area (Å²) >= 11 is 0. The van der Waals surface area contributed by atoms with Gasteiger partial charge in [0, 0.05) is 13.1 Å². The molecule has 0 aliphatic rings. The van der Waals surface area contributed by atoms with E-state index >= 15 is 0 Å². The highest BCUT2D eigenvalue weighted by Gasteiger charge is 2.08. The molecule has 0 saturated heterocycles. The molecule has 0 radical (unpaired) electrons. The van der Waals surface area contributed by atoms with Crippen molar-refractivity contribution < 1.29 is 9.90 Å². The molecular formula is C9H9N5O3. The molecule has 0 amide bonds. The lowest BCUT2D eigenvalue weighted by Gasteiger charge is -2.01. The standard InChI is InChI=1S/C9H9N5O3/c1-13-4-6(10-12-13)5-14-8(15)3-2-7(11-14)9(16)17/h2-4H,5H2,1H3,(H,16,17). The Balaban J connectivity index is 2.35. The van der Waals surface area contributed by atoms with E-state index in [1.54, 1.807) is 13.2 Å². The molecule has 2 rings (SSSR count). The highest BCUT2D eigenvalue weighted by molar-refractivity contribution is 5.84. The van der Waals surface area contributed by atoms with Gasteiger partial charge in [-0.25, -0.2) is 9.48 Å². The molecule has 8 heteroatoms. The van der Waals surface area contributed by atoms with Gasteiger partial charge in [-0.15, -0.1) is 5.10 Å². The molecule has 0 spiro atoms. The van der Waals surface area contributed by atoms with Crippen LogP contribution in [0.15, 0.2) is 23.1 Å². The van der Waals surface area contributed by atoms with Crippen molar-refractivity contribution in [3.05, 3.63) is 40.1 Å². The second kappa shape index (κ2) is 4.16. The molecule has 0 fully saturated rings. The fourth-order valence-corrected chi connectivity index (χ4v) is 1.30. The Hall–Kier alpha value is -2.51. The van der Waals surface area contributed by atoms with Crippen LogP contribution in [0.2, 0.25) is 0 Å². The third-order valence-electron chi connectivity index (χ3n) is 2.05. The lowest BCUT2D eigenvalue weighted by Crippen LogP contribution is -2.25. The van der Waals surface area contributed by atoms with Gasteiger partial charge in [-0.1, -0.05) is 5.21 Å². The van der Waals surface area contributed by atoms with Gasteiger partial charge in [-0.2, -0.15) is 5.10 Å². The van der Waals surface area contributed by atoms with Gasteiger partial charge >= 0.3 is 5.97 Å². The molecule has 0 aliphatic heterocycles. The third kappa shape index (κ3) is 2.36. The molecule has 0 unspecified atom stereocenters. The van der Waals surface area contributed by atoms with E-state index in [1.807, 2.05) is 0 Å². The molecule has 2 heterocycles. The van der Waals surface area contributed by atoms with E-state index in [2.05, 4.69) is 15.4 Å². The molecule has 2 aromatic rings. The maximum Gasteiger partial charge on any atom is 0.356 e. The summed E-state index contributed by atoms with van der Waals surface area (Å²) in [7, 11) is 1.69. The van der Waals surface area contributed by atoms with Crippen LogP contribution >= 0.6 is 0 Å². The molecule has 0 aromatic carbocycles. The van der Waals surface area contributed by atoms with E-state index in [0.717, 1.165) is 16.8 Å². The number of carbonyl (C=O) groups is 1. The van der Waals surface area contributed by atoms with E-state index < -0.39 is 5.97 Å². The van der Waals surface area contributed by atoms with Gasteiger partial charge in [0.05, 0.1) is 12.7 Å². The van der Waals surface area contributed by atoms with Gasteiger partial charge in [0.25, 0.3) is 5.56 Å². The Bertz CT molecular complexity index is 615. The Morgan fingerprint density at radius 2 is 2.24 bits per heavy atom. The largest absolute Gasteiger partial charge is 0.476 e. The van der Waals surface area contributed by atoms with Crippen LogP contribution in [0.5, 0.6) is 0 Å². The van der Waals surface area contributed by atoms with Crippen LogP contribution in [0, 0.1) is 0 Å². The van der Waals surface area contributed by atoms with Crippen molar-refractivity contribution in [3.8, 4) is 0 Å². The fraction of sp³-hybridized carbons (Fsp3) is 0.222. The van der Waals surface area contributed by atoms with Gasteiger partial charge in [0.15, 0.2) is 5.69 Å². The first-order valence-electron chi connectivity index (χ1n) is 4.73. The molecule has 0 aliphatic carbocycles. The molecule has 1 N–H and O–H groups in total. The Morgan fingerprint density at radius 1 is 1.47 bits per heavy atom. The normalized spacial score (nSPS) is 10.4. The highest BCUT2D eigenvalue weighted by Crippen LogP contribution is 1.95. The monoisotopic (exact) mass is 235 g/mol. The minimum Gasteiger partial charge on any atom is -0.476 e. The van der Waals surface area contributed by atoms with Crippen LogP contribution in [0.4, 0.5) is 0 Å². The topological polar surface area (TPSA) is 103 Å². The van der Waals surface area contributed by atoms with Crippen molar-refractivity contribution in [3.63, 3.8) is 0 Å². The van der Waals surface area contributed by atoms with Gasteiger partial charge in [0.2, 0.25) is 0 Å². The predicted molar refractivity (Wildman–Crippen MR) is 55.6 cm³/mol. The SMILES string of the molecule is Cn1cc(Cn2nc(C(=O)O)ccc2=O)nn1. The zero-order chi connectivity index (χ0) is 12.4. The molecule has 2 aromatic heterocycles. The maximum atomic E-state index is 11.5. The Labute approximate surface area is 95.1 Å². The van der Waals surface area contributed by atoms with Crippen molar-refractivity contribution in [2.45, 2.75) is 6.54 Å². The average Bonchev–Trinajstić information content (AvgIpc) is 2.67. The van der Waals surface area contributed by atoms with Crippen molar-refractivity contribution in [1.82, 2.24) is 24.8 Å². The predicted octanol–water partition coefficient (Wildman–Crippen LogP) is -0.882. The fourth-order valence-electron chi connectivity index (χ4n) is 1.30. The first kappa shape index (κ1) is 11.0. The summed E-state index contributed by atoms with van der Waals surface area (Å²) in [5.74, 6) is -1.18. The average molecular weight is 235 g/mol. The quantitative estimate of drug-likeness (QED) is 0.740. The van der Waals surface area contributed by atoms with Crippen LogP contribution in [0.25, 0.3) is 0 Å². The summed E-state index contributed by atoms with van der Waals surface area (Å²) in [6.45, 7) is 0.0911.